The second kappa shape index (κ2) is 12.3. The maximum absolute atomic E-state index is 13.5. The monoisotopic (exact) mass is 530 g/mol. The summed E-state index contributed by atoms with van der Waals surface area (Å²) in [4.78, 5) is 45.1. The number of aliphatic hydroxyl groups is 1. The topological polar surface area (TPSA) is 115 Å². The number of rotatable bonds is 10. The van der Waals surface area contributed by atoms with E-state index in [1.54, 1.807) is 61.5 Å². The standard InChI is InChI=1S/C30H30N2O7/c1-4-16-39-30(36)19-10-9-11-20(17-19)32-26(23-12-7-8-15-31-23)25(28(34)29(32)35)27(33)22-14-13-21(37-5-2)18-24(22)38-6-3/h7-15,17-18,26,33H,4-6,16H2,1-3H3/b27-25-. The third-order valence-corrected chi connectivity index (χ3v) is 6.03. The SMILES string of the molecule is CCCOC(=O)c1cccc(N2C(=O)C(=O)/C(=C(\O)c3ccc(OCC)cc3OCC)C2c2ccccn2)c1. The second-order valence-corrected chi connectivity index (χ2v) is 8.63. The van der Waals surface area contributed by atoms with Gasteiger partial charge < -0.3 is 19.3 Å². The second-order valence-electron chi connectivity index (χ2n) is 8.63. The molecule has 1 aromatic heterocycles. The highest BCUT2D eigenvalue weighted by atomic mass is 16.5. The number of carbonyl (C=O) groups excluding carboxylic acids is 3. The van der Waals surface area contributed by atoms with Crippen molar-refractivity contribution in [2.45, 2.75) is 33.2 Å². The fraction of sp³-hybridized carbons (Fsp3) is 0.267. The zero-order valence-electron chi connectivity index (χ0n) is 22.0. The van der Waals surface area contributed by atoms with Gasteiger partial charge in [0.25, 0.3) is 11.7 Å². The molecule has 1 unspecified atom stereocenters. The zero-order valence-corrected chi connectivity index (χ0v) is 22.0. The van der Waals surface area contributed by atoms with E-state index in [-0.39, 0.29) is 29.0 Å². The normalized spacial score (nSPS) is 16.3. The maximum atomic E-state index is 13.5. The van der Waals surface area contributed by atoms with Gasteiger partial charge >= 0.3 is 5.97 Å². The first-order valence-electron chi connectivity index (χ1n) is 12.8. The van der Waals surface area contributed by atoms with Gasteiger partial charge in [0.1, 0.15) is 23.3 Å². The van der Waals surface area contributed by atoms with Gasteiger partial charge in [-0.1, -0.05) is 19.1 Å². The van der Waals surface area contributed by atoms with E-state index in [2.05, 4.69) is 4.98 Å². The number of ether oxygens (including phenoxy) is 3. The molecule has 1 atom stereocenters. The minimum atomic E-state index is -1.06. The van der Waals surface area contributed by atoms with E-state index >= 15 is 0 Å². The van der Waals surface area contributed by atoms with Gasteiger partial charge in [-0.15, -0.1) is 0 Å². The predicted molar refractivity (Wildman–Crippen MR) is 145 cm³/mol. The van der Waals surface area contributed by atoms with Crippen LogP contribution in [-0.2, 0) is 14.3 Å². The molecule has 9 nitrogen and oxygen atoms in total. The van der Waals surface area contributed by atoms with Crippen LogP contribution >= 0.6 is 0 Å². The van der Waals surface area contributed by atoms with Crippen LogP contribution in [0.4, 0.5) is 5.69 Å². The number of hydrogen-bond donors (Lipinski definition) is 1. The first-order valence-corrected chi connectivity index (χ1v) is 12.8. The number of aliphatic hydroxyl groups excluding tert-OH is 1. The molecule has 1 aliphatic rings. The quantitative estimate of drug-likeness (QED) is 0.167. The highest BCUT2D eigenvalue weighted by molar-refractivity contribution is 6.51. The largest absolute Gasteiger partial charge is 0.507 e. The Morgan fingerprint density at radius 2 is 1.77 bits per heavy atom. The number of esters is 1. The third-order valence-electron chi connectivity index (χ3n) is 6.03. The molecule has 0 radical (unpaired) electrons. The fourth-order valence-corrected chi connectivity index (χ4v) is 4.35. The van der Waals surface area contributed by atoms with Gasteiger partial charge in [-0.2, -0.15) is 0 Å². The lowest BCUT2D eigenvalue weighted by molar-refractivity contribution is -0.132. The summed E-state index contributed by atoms with van der Waals surface area (Å²) >= 11 is 0. The van der Waals surface area contributed by atoms with Gasteiger partial charge in [-0.05, 0) is 62.7 Å². The molecule has 0 aliphatic carbocycles. The minimum absolute atomic E-state index is 0.150. The molecule has 0 bridgehead atoms. The Morgan fingerprint density at radius 3 is 2.46 bits per heavy atom. The lowest BCUT2D eigenvalue weighted by Gasteiger charge is -2.25. The molecule has 0 saturated carbocycles. The Bertz CT molecular complexity index is 1400. The van der Waals surface area contributed by atoms with E-state index in [9.17, 15) is 19.5 Å². The van der Waals surface area contributed by atoms with Crippen LogP contribution in [0.3, 0.4) is 0 Å². The molecule has 1 amide bonds. The molecule has 1 N–H and O–H groups in total. The Labute approximate surface area is 226 Å². The highest BCUT2D eigenvalue weighted by Crippen LogP contribution is 2.43. The van der Waals surface area contributed by atoms with Gasteiger partial charge in [0.2, 0.25) is 0 Å². The number of anilines is 1. The Balaban J connectivity index is 1.88. The van der Waals surface area contributed by atoms with Crippen LogP contribution in [0.15, 0.2) is 72.4 Å². The smallest absolute Gasteiger partial charge is 0.338 e. The van der Waals surface area contributed by atoms with Crippen LogP contribution in [0.25, 0.3) is 5.76 Å². The summed E-state index contributed by atoms with van der Waals surface area (Å²) in [6, 6.07) is 15.2. The number of Topliss-reactive ketones (excluding diaryl/α,β-unsaturated/α-hetero) is 1. The molecule has 4 rings (SSSR count). The molecular weight excluding hydrogens is 500 g/mol. The first kappa shape index (κ1) is 27.4. The van der Waals surface area contributed by atoms with E-state index in [1.165, 1.54) is 17.2 Å². The van der Waals surface area contributed by atoms with Crippen molar-refractivity contribution in [1.82, 2.24) is 4.98 Å². The first-order chi connectivity index (χ1) is 18.9. The summed E-state index contributed by atoms with van der Waals surface area (Å²) in [6.45, 7) is 6.52. The van der Waals surface area contributed by atoms with E-state index in [4.69, 9.17) is 14.2 Å². The van der Waals surface area contributed by atoms with Crippen LogP contribution in [-0.4, -0.2) is 47.6 Å². The van der Waals surface area contributed by atoms with E-state index < -0.39 is 29.5 Å². The van der Waals surface area contributed by atoms with Crippen LogP contribution in [0.5, 0.6) is 11.5 Å². The summed E-state index contributed by atoms with van der Waals surface area (Å²) in [5.41, 5.74) is 0.960. The average molecular weight is 531 g/mol. The van der Waals surface area contributed by atoms with E-state index in [0.29, 0.717) is 36.8 Å². The summed E-state index contributed by atoms with van der Waals surface area (Å²) < 4.78 is 16.5. The van der Waals surface area contributed by atoms with Crippen LogP contribution in [0.1, 0.15) is 54.8 Å². The number of benzene rings is 2. The van der Waals surface area contributed by atoms with E-state index in [1.807, 2.05) is 13.8 Å². The summed E-state index contributed by atoms with van der Waals surface area (Å²) in [6.07, 6.45) is 2.20. The number of pyridine rings is 1. The van der Waals surface area contributed by atoms with Gasteiger partial charge in [-0.3, -0.25) is 19.5 Å². The van der Waals surface area contributed by atoms with Crippen molar-refractivity contribution in [1.29, 1.82) is 0 Å². The average Bonchev–Trinajstić information content (AvgIpc) is 3.22. The van der Waals surface area contributed by atoms with Crippen LogP contribution < -0.4 is 14.4 Å². The van der Waals surface area contributed by atoms with Crippen molar-refractivity contribution >= 4 is 29.1 Å². The van der Waals surface area contributed by atoms with Gasteiger partial charge in [0, 0.05) is 18.0 Å². The molecule has 1 aliphatic heterocycles. The fourth-order valence-electron chi connectivity index (χ4n) is 4.35. The maximum Gasteiger partial charge on any atom is 0.338 e. The predicted octanol–water partition coefficient (Wildman–Crippen LogP) is 5.07. The van der Waals surface area contributed by atoms with Gasteiger partial charge in [0.05, 0.1) is 42.2 Å². The van der Waals surface area contributed by atoms with Gasteiger partial charge in [0.15, 0.2) is 0 Å². The number of aromatic nitrogens is 1. The van der Waals surface area contributed by atoms with Crippen LogP contribution in [0, 0.1) is 0 Å². The molecule has 39 heavy (non-hydrogen) atoms. The van der Waals surface area contributed by atoms with Crippen LogP contribution in [0.2, 0.25) is 0 Å². The van der Waals surface area contributed by atoms with Crippen molar-refractivity contribution in [3.63, 3.8) is 0 Å². The summed E-state index contributed by atoms with van der Waals surface area (Å²) in [7, 11) is 0. The number of amides is 1. The highest BCUT2D eigenvalue weighted by Gasteiger charge is 2.48. The third kappa shape index (κ3) is 5.62. The molecule has 3 aromatic rings. The van der Waals surface area contributed by atoms with Crippen molar-refractivity contribution in [3.05, 3.63) is 89.3 Å². The van der Waals surface area contributed by atoms with Crippen molar-refractivity contribution in [2.75, 3.05) is 24.7 Å². The number of hydrogen-bond acceptors (Lipinski definition) is 8. The lowest BCUT2D eigenvalue weighted by Crippen LogP contribution is -2.30. The zero-order chi connectivity index (χ0) is 27.9. The minimum Gasteiger partial charge on any atom is -0.507 e. The molecule has 1 fully saturated rings. The molecule has 2 heterocycles. The summed E-state index contributed by atoms with van der Waals surface area (Å²) in [5.74, 6) is -1.87. The summed E-state index contributed by atoms with van der Waals surface area (Å²) in [5, 5.41) is 11.5. The Morgan fingerprint density at radius 1 is 0.974 bits per heavy atom. The number of nitrogens with zero attached hydrogens (tertiary/aromatic N) is 2. The van der Waals surface area contributed by atoms with Crippen molar-refractivity contribution in [3.8, 4) is 11.5 Å². The molecular formula is C30H30N2O7. The molecule has 1 saturated heterocycles. The molecule has 0 spiro atoms. The molecule has 202 valence electrons. The van der Waals surface area contributed by atoms with E-state index in [0.717, 1.165) is 0 Å². The van der Waals surface area contributed by atoms with Crippen molar-refractivity contribution < 1.29 is 33.7 Å². The molecule has 9 heteroatoms. The van der Waals surface area contributed by atoms with Crippen molar-refractivity contribution in [2.24, 2.45) is 0 Å². The number of ketones is 1. The Hall–Kier alpha value is -4.66. The Kier molecular flexibility index (Phi) is 8.60. The van der Waals surface area contributed by atoms with Gasteiger partial charge in [-0.25, -0.2) is 4.79 Å². The molecule has 2 aromatic carbocycles. The lowest BCUT2D eigenvalue weighted by atomic mass is 9.97. The number of carbonyl (C=O) groups is 3.